The number of rotatable bonds is 6. The molecule has 0 bridgehead atoms. The van der Waals surface area contributed by atoms with Crippen LogP contribution in [-0.2, 0) is 6.54 Å². The molecule has 4 aromatic rings. The van der Waals surface area contributed by atoms with Gasteiger partial charge in [-0.05, 0) is 23.8 Å². The van der Waals surface area contributed by atoms with E-state index < -0.39 is 0 Å². The number of ether oxygens (including phenoxy) is 2. The van der Waals surface area contributed by atoms with Crippen molar-refractivity contribution in [3.63, 3.8) is 0 Å². The van der Waals surface area contributed by atoms with Crippen LogP contribution in [0.4, 0.5) is 5.69 Å². The van der Waals surface area contributed by atoms with E-state index in [1.807, 2.05) is 35.1 Å². The summed E-state index contributed by atoms with van der Waals surface area (Å²) >= 11 is 6.37. The second-order valence-corrected chi connectivity index (χ2v) is 8.83. The summed E-state index contributed by atoms with van der Waals surface area (Å²) < 4.78 is 12.9. The molecular weight excluding hydrogens is 464 g/mol. The lowest BCUT2D eigenvalue weighted by molar-refractivity contribution is 0.249. The highest BCUT2D eigenvalue weighted by Gasteiger charge is 2.19. The number of nitriles is 1. The lowest BCUT2D eigenvalue weighted by Crippen LogP contribution is -2.46. The number of fused-ring (bicyclic) bond motifs is 1. The maximum atomic E-state index is 9.10. The first-order valence-corrected chi connectivity index (χ1v) is 11.7. The monoisotopic (exact) mass is 488 g/mol. The van der Waals surface area contributed by atoms with Gasteiger partial charge in [0.1, 0.15) is 23.2 Å². The Balaban J connectivity index is 1.31. The molecule has 0 amide bonds. The summed E-state index contributed by atoms with van der Waals surface area (Å²) in [5.74, 6) is 1.22. The third kappa shape index (κ3) is 4.74. The molecule has 0 radical (unpaired) electrons. The van der Waals surface area contributed by atoms with E-state index >= 15 is 0 Å². The predicted molar refractivity (Wildman–Crippen MR) is 135 cm³/mol. The third-order valence-electron chi connectivity index (χ3n) is 6.26. The molecule has 0 unspecified atom stereocenters. The van der Waals surface area contributed by atoms with Crippen molar-refractivity contribution in [2.75, 3.05) is 45.3 Å². The highest BCUT2D eigenvalue weighted by atomic mass is 35.5. The average Bonchev–Trinajstić information content (AvgIpc) is 3.32. The first-order chi connectivity index (χ1) is 17.1. The van der Waals surface area contributed by atoms with Crippen LogP contribution in [0.15, 0.2) is 55.1 Å². The van der Waals surface area contributed by atoms with Gasteiger partial charge in [-0.25, -0.2) is 4.98 Å². The lowest BCUT2D eigenvalue weighted by Gasteiger charge is -2.36. The third-order valence-corrected chi connectivity index (χ3v) is 6.56. The summed E-state index contributed by atoms with van der Waals surface area (Å²) in [6.45, 7) is 4.49. The van der Waals surface area contributed by atoms with Gasteiger partial charge in [0.05, 0.1) is 30.5 Å². The molecule has 178 valence electrons. The van der Waals surface area contributed by atoms with E-state index in [2.05, 4.69) is 33.0 Å². The van der Waals surface area contributed by atoms with Gasteiger partial charge < -0.3 is 18.8 Å². The fourth-order valence-electron chi connectivity index (χ4n) is 4.42. The number of benzene rings is 1. The smallest absolute Gasteiger partial charge is 0.141 e. The molecule has 0 atom stereocenters. The number of pyridine rings is 2. The van der Waals surface area contributed by atoms with Crippen molar-refractivity contribution in [3.8, 4) is 28.8 Å². The van der Waals surface area contributed by atoms with Crippen LogP contribution in [0, 0.1) is 11.3 Å². The fourth-order valence-corrected chi connectivity index (χ4v) is 4.66. The molecule has 1 aliphatic rings. The van der Waals surface area contributed by atoms with Crippen LogP contribution in [0.3, 0.4) is 0 Å². The summed E-state index contributed by atoms with van der Waals surface area (Å²) in [5.41, 5.74) is 5.25. The van der Waals surface area contributed by atoms with Crippen molar-refractivity contribution < 1.29 is 9.47 Å². The Morgan fingerprint density at radius 1 is 1.03 bits per heavy atom. The van der Waals surface area contributed by atoms with Gasteiger partial charge in [-0.15, -0.1) is 0 Å². The Labute approximate surface area is 208 Å². The summed E-state index contributed by atoms with van der Waals surface area (Å²) in [6.07, 6.45) is 7.44. The molecule has 0 saturated carbocycles. The van der Waals surface area contributed by atoms with Gasteiger partial charge >= 0.3 is 0 Å². The lowest BCUT2D eigenvalue weighted by atomic mass is 10.1. The van der Waals surface area contributed by atoms with E-state index in [1.165, 1.54) is 0 Å². The van der Waals surface area contributed by atoms with Crippen LogP contribution in [0.1, 0.15) is 11.1 Å². The van der Waals surface area contributed by atoms with Crippen LogP contribution in [0.2, 0.25) is 5.02 Å². The summed E-state index contributed by atoms with van der Waals surface area (Å²) in [4.78, 5) is 13.8. The molecule has 0 N–H and O–H groups in total. The van der Waals surface area contributed by atoms with Crippen LogP contribution in [0.5, 0.6) is 11.5 Å². The zero-order valence-corrected chi connectivity index (χ0v) is 20.4. The molecule has 4 heterocycles. The number of hydrogen-bond donors (Lipinski definition) is 0. The molecule has 5 rings (SSSR count). The SMILES string of the molecule is COc1cc(OC)c(-c2cn3ccc(N4CCN(Cc5cncc(C#N)c5)CC4)cc3n2)cc1Cl. The van der Waals surface area contributed by atoms with Gasteiger partial charge in [-0.1, -0.05) is 11.6 Å². The number of piperazine rings is 1. The molecule has 3 aromatic heterocycles. The Morgan fingerprint density at radius 2 is 1.83 bits per heavy atom. The fraction of sp³-hybridized carbons (Fsp3) is 0.269. The second-order valence-electron chi connectivity index (χ2n) is 8.42. The molecule has 8 nitrogen and oxygen atoms in total. The van der Waals surface area contributed by atoms with Crippen LogP contribution >= 0.6 is 11.6 Å². The minimum atomic E-state index is 0.508. The van der Waals surface area contributed by atoms with E-state index in [4.69, 9.17) is 31.3 Å². The van der Waals surface area contributed by atoms with Gasteiger partial charge in [-0.3, -0.25) is 9.88 Å². The zero-order valence-electron chi connectivity index (χ0n) is 19.6. The van der Waals surface area contributed by atoms with E-state index in [0.717, 1.165) is 60.9 Å². The molecular formula is C26H25ClN6O2. The Bertz CT molecular complexity index is 1400. The minimum absolute atomic E-state index is 0.508. The molecule has 1 saturated heterocycles. The van der Waals surface area contributed by atoms with E-state index in [-0.39, 0.29) is 0 Å². The molecule has 0 aliphatic carbocycles. The second kappa shape index (κ2) is 9.82. The normalized spacial score (nSPS) is 14.2. The van der Waals surface area contributed by atoms with Gasteiger partial charge in [0.2, 0.25) is 0 Å². The van der Waals surface area contributed by atoms with Crippen molar-refractivity contribution in [3.05, 3.63) is 71.3 Å². The topological polar surface area (TPSA) is 78.9 Å². The number of anilines is 1. The van der Waals surface area contributed by atoms with Crippen LogP contribution in [0.25, 0.3) is 16.9 Å². The zero-order chi connectivity index (χ0) is 24.4. The van der Waals surface area contributed by atoms with Crippen molar-refractivity contribution in [2.45, 2.75) is 6.54 Å². The Morgan fingerprint density at radius 3 is 2.57 bits per heavy atom. The van der Waals surface area contributed by atoms with Crippen molar-refractivity contribution >= 4 is 22.9 Å². The van der Waals surface area contributed by atoms with Crippen molar-refractivity contribution in [1.82, 2.24) is 19.3 Å². The first-order valence-electron chi connectivity index (χ1n) is 11.3. The van der Waals surface area contributed by atoms with Gasteiger partial charge in [-0.2, -0.15) is 5.26 Å². The number of aromatic nitrogens is 3. The quantitative estimate of drug-likeness (QED) is 0.401. The van der Waals surface area contributed by atoms with E-state index in [0.29, 0.717) is 22.1 Å². The molecule has 9 heteroatoms. The largest absolute Gasteiger partial charge is 0.496 e. The number of nitrogens with zero attached hydrogens (tertiary/aromatic N) is 6. The van der Waals surface area contributed by atoms with Crippen molar-refractivity contribution in [1.29, 1.82) is 5.26 Å². The highest BCUT2D eigenvalue weighted by Crippen LogP contribution is 2.38. The molecule has 1 aromatic carbocycles. The molecule has 35 heavy (non-hydrogen) atoms. The Hall–Kier alpha value is -3.80. The Kier molecular flexibility index (Phi) is 6.45. The average molecular weight is 489 g/mol. The maximum absolute atomic E-state index is 9.10. The van der Waals surface area contributed by atoms with E-state index in [9.17, 15) is 0 Å². The van der Waals surface area contributed by atoms with Gasteiger partial charge in [0, 0.05) is 80.9 Å². The summed E-state index contributed by atoms with van der Waals surface area (Å²) in [7, 11) is 3.20. The molecule has 0 spiro atoms. The predicted octanol–water partition coefficient (Wildman–Crippen LogP) is 4.26. The molecule has 1 aliphatic heterocycles. The van der Waals surface area contributed by atoms with E-state index in [1.54, 1.807) is 26.5 Å². The highest BCUT2D eigenvalue weighted by molar-refractivity contribution is 6.32. The summed E-state index contributed by atoms with van der Waals surface area (Å²) in [6, 6.07) is 11.9. The van der Waals surface area contributed by atoms with Gasteiger partial charge in [0.15, 0.2) is 0 Å². The van der Waals surface area contributed by atoms with Crippen LogP contribution in [-0.4, -0.2) is 59.7 Å². The number of methoxy groups -OCH3 is 2. The van der Waals surface area contributed by atoms with Gasteiger partial charge in [0.25, 0.3) is 0 Å². The number of hydrogen-bond acceptors (Lipinski definition) is 7. The minimum Gasteiger partial charge on any atom is -0.496 e. The summed E-state index contributed by atoms with van der Waals surface area (Å²) in [5, 5.41) is 9.60. The standard InChI is InChI=1S/C26H25ClN6O2/c1-34-24-12-25(35-2)22(27)11-21(24)23-17-33-4-3-20(10-26(33)30-23)32-7-5-31(6-8-32)16-19-9-18(13-28)14-29-15-19/h3-4,9-12,14-15,17H,5-8,16H2,1-2H3. The molecule has 1 fully saturated rings. The van der Waals surface area contributed by atoms with Crippen molar-refractivity contribution in [2.24, 2.45) is 0 Å². The first kappa shape index (κ1) is 23.0. The number of imidazole rings is 1. The maximum Gasteiger partial charge on any atom is 0.141 e. The van der Waals surface area contributed by atoms with Crippen LogP contribution < -0.4 is 14.4 Å². The number of halogens is 1.